The summed E-state index contributed by atoms with van der Waals surface area (Å²) in [6, 6.07) is 12.9. The van der Waals surface area contributed by atoms with Crippen molar-refractivity contribution in [3.8, 4) is 0 Å². The molecule has 6 nitrogen and oxygen atoms in total. The first-order chi connectivity index (χ1) is 11.7. The number of carbonyl (C=O) groups excluding carboxylic acids is 1. The molecule has 2 N–H and O–H groups in total. The maximum atomic E-state index is 12.3. The predicted molar refractivity (Wildman–Crippen MR) is 87.8 cm³/mol. The number of likely N-dealkylation sites (tertiary alicyclic amines) is 1. The van der Waals surface area contributed by atoms with Crippen molar-refractivity contribution in [2.45, 2.75) is 38.0 Å². The molecule has 1 fully saturated rings. The quantitative estimate of drug-likeness (QED) is 0.799. The van der Waals surface area contributed by atoms with E-state index in [0.717, 1.165) is 18.4 Å². The summed E-state index contributed by atoms with van der Waals surface area (Å²) in [6.07, 6.45) is 3.07. The third-order valence-electron chi connectivity index (χ3n) is 4.25. The van der Waals surface area contributed by atoms with Gasteiger partial charge in [0, 0.05) is 19.0 Å². The summed E-state index contributed by atoms with van der Waals surface area (Å²) in [6.45, 7) is 0.982. The number of hydroxylamine groups is 1. The lowest BCUT2D eigenvalue weighted by molar-refractivity contribution is 0.0314. The van der Waals surface area contributed by atoms with Crippen LogP contribution in [-0.4, -0.2) is 28.6 Å². The molecule has 128 valence electrons. The van der Waals surface area contributed by atoms with Crippen LogP contribution in [0.15, 0.2) is 53.1 Å². The average Bonchev–Trinajstić information content (AvgIpc) is 3.27. The molecular formula is C18H22N2O4. The standard InChI is InChI=1S/C18H22N2O4/c21-16(17-9-5-11-23-17)12-15-8-4-10-20(15)18(22)19-24-13-14-6-2-1-3-7-14/h1-3,5-7,9,11,15-16,21H,4,8,10,12-13H2,(H,19,22). The number of amides is 2. The Bertz CT molecular complexity index is 630. The smallest absolute Gasteiger partial charge is 0.341 e. The van der Waals surface area contributed by atoms with Gasteiger partial charge in [-0.1, -0.05) is 30.3 Å². The van der Waals surface area contributed by atoms with Crippen LogP contribution in [0.3, 0.4) is 0 Å². The van der Waals surface area contributed by atoms with Crippen molar-refractivity contribution in [2.24, 2.45) is 0 Å². The maximum absolute atomic E-state index is 12.3. The Hall–Kier alpha value is -2.31. The number of rotatable bonds is 6. The highest BCUT2D eigenvalue weighted by molar-refractivity contribution is 5.73. The lowest BCUT2D eigenvalue weighted by atomic mass is 10.1. The highest BCUT2D eigenvalue weighted by Gasteiger charge is 2.31. The topological polar surface area (TPSA) is 74.9 Å². The fourth-order valence-corrected chi connectivity index (χ4v) is 3.02. The van der Waals surface area contributed by atoms with Crippen molar-refractivity contribution in [3.05, 3.63) is 60.1 Å². The number of carbonyl (C=O) groups is 1. The number of aliphatic hydroxyl groups excluding tert-OH is 1. The molecule has 2 unspecified atom stereocenters. The molecule has 1 aromatic heterocycles. The van der Waals surface area contributed by atoms with Crippen LogP contribution in [0.25, 0.3) is 0 Å². The SMILES string of the molecule is O=C(NOCc1ccccc1)N1CCCC1CC(O)c1ccco1. The molecule has 0 aliphatic carbocycles. The first-order valence-electron chi connectivity index (χ1n) is 8.18. The van der Waals surface area contributed by atoms with Crippen molar-refractivity contribution < 1.29 is 19.2 Å². The highest BCUT2D eigenvalue weighted by Crippen LogP contribution is 2.27. The van der Waals surface area contributed by atoms with Crippen molar-refractivity contribution in [1.82, 2.24) is 10.4 Å². The Morgan fingerprint density at radius 3 is 2.92 bits per heavy atom. The zero-order valence-corrected chi connectivity index (χ0v) is 13.4. The number of aliphatic hydroxyl groups is 1. The summed E-state index contributed by atoms with van der Waals surface area (Å²) < 4.78 is 5.22. The first kappa shape index (κ1) is 16.5. The Morgan fingerprint density at radius 2 is 2.17 bits per heavy atom. The first-order valence-corrected chi connectivity index (χ1v) is 8.18. The minimum absolute atomic E-state index is 0.0228. The van der Waals surface area contributed by atoms with Crippen LogP contribution in [0.4, 0.5) is 4.79 Å². The fraction of sp³-hybridized carbons (Fsp3) is 0.389. The van der Waals surface area contributed by atoms with E-state index < -0.39 is 6.10 Å². The van der Waals surface area contributed by atoms with Crippen molar-refractivity contribution >= 4 is 6.03 Å². The van der Waals surface area contributed by atoms with Crippen LogP contribution in [0.5, 0.6) is 0 Å². The van der Waals surface area contributed by atoms with E-state index in [-0.39, 0.29) is 12.1 Å². The van der Waals surface area contributed by atoms with Gasteiger partial charge in [-0.05, 0) is 30.5 Å². The molecule has 0 saturated carbocycles. The highest BCUT2D eigenvalue weighted by atomic mass is 16.7. The van der Waals surface area contributed by atoms with E-state index in [4.69, 9.17) is 9.25 Å². The predicted octanol–water partition coefficient (Wildman–Crippen LogP) is 3.01. The van der Waals surface area contributed by atoms with Gasteiger partial charge in [-0.2, -0.15) is 0 Å². The molecule has 1 aromatic carbocycles. The van der Waals surface area contributed by atoms with Gasteiger partial charge in [-0.15, -0.1) is 0 Å². The molecular weight excluding hydrogens is 308 g/mol. The molecule has 6 heteroatoms. The fourth-order valence-electron chi connectivity index (χ4n) is 3.02. The summed E-state index contributed by atoms with van der Waals surface area (Å²) in [4.78, 5) is 19.3. The second-order valence-corrected chi connectivity index (χ2v) is 5.94. The van der Waals surface area contributed by atoms with Crippen molar-refractivity contribution in [3.63, 3.8) is 0 Å². The third-order valence-corrected chi connectivity index (χ3v) is 4.25. The number of urea groups is 1. The molecule has 2 heterocycles. The number of benzene rings is 1. The van der Waals surface area contributed by atoms with Gasteiger partial charge in [0.15, 0.2) is 0 Å². The lowest BCUT2D eigenvalue weighted by Gasteiger charge is -2.26. The number of hydrogen-bond acceptors (Lipinski definition) is 4. The van der Waals surface area contributed by atoms with Gasteiger partial charge >= 0.3 is 6.03 Å². The van der Waals surface area contributed by atoms with Gasteiger partial charge in [0.25, 0.3) is 0 Å². The molecule has 24 heavy (non-hydrogen) atoms. The molecule has 1 aliphatic heterocycles. The van der Waals surface area contributed by atoms with Crippen molar-refractivity contribution in [1.29, 1.82) is 0 Å². The Kier molecular flexibility index (Phi) is 5.51. The van der Waals surface area contributed by atoms with Crippen LogP contribution in [0.1, 0.15) is 36.7 Å². The summed E-state index contributed by atoms with van der Waals surface area (Å²) in [7, 11) is 0. The summed E-state index contributed by atoms with van der Waals surface area (Å²) >= 11 is 0. The van der Waals surface area contributed by atoms with E-state index in [1.165, 1.54) is 6.26 Å². The molecule has 0 radical (unpaired) electrons. The Morgan fingerprint density at radius 1 is 1.33 bits per heavy atom. The van der Waals surface area contributed by atoms with E-state index in [2.05, 4.69) is 5.48 Å². The van der Waals surface area contributed by atoms with E-state index in [0.29, 0.717) is 25.3 Å². The zero-order valence-electron chi connectivity index (χ0n) is 13.4. The second-order valence-electron chi connectivity index (χ2n) is 5.94. The van der Waals surface area contributed by atoms with Gasteiger partial charge in [-0.3, -0.25) is 4.84 Å². The van der Waals surface area contributed by atoms with E-state index >= 15 is 0 Å². The molecule has 3 rings (SSSR count). The number of nitrogens with one attached hydrogen (secondary N) is 1. The Labute approximate surface area is 141 Å². The summed E-state index contributed by atoms with van der Waals surface area (Å²) in [5.74, 6) is 0.530. The molecule has 0 spiro atoms. The number of nitrogens with zero attached hydrogens (tertiary/aromatic N) is 1. The lowest BCUT2D eigenvalue weighted by Crippen LogP contribution is -2.43. The van der Waals surface area contributed by atoms with Crippen LogP contribution in [0.2, 0.25) is 0 Å². The summed E-state index contributed by atoms with van der Waals surface area (Å²) in [5, 5.41) is 10.2. The van der Waals surface area contributed by atoms with Gasteiger partial charge < -0.3 is 14.4 Å². The summed E-state index contributed by atoms with van der Waals surface area (Å²) in [5.41, 5.74) is 3.48. The molecule has 2 aromatic rings. The second kappa shape index (κ2) is 7.99. The molecule has 2 amide bonds. The van der Waals surface area contributed by atoms with Crippen LogP contribution >= 0.6 is 0 Å². The van der Waals surface area contributed by atoms with E-state index in [1.807, 2.05) is 30.3 Å². The average molecular weight is 330 g/mol. The van der Waals surface area contributed by atoms with E-state index in [1.54, 1.807) is 17.0 Å². The minimum atomic E-state index is -0.705. The monoisotopic (exact) mass is 330 g/mol. The van der Waals surface area contributed by atoms with E-state index in [9.17, 15) is 9.90 Å². The molecule has 1 saturated heterocycles. The minimum Gasteiger partial charge on any atom is -0.467 e. The molecule has 2 atom stereocenters. The van der Waals surface area contributed by atoms with Gasteiger partial charge in [0.05, 0.1) is 12.9 Å². The number of furan rings is 1. The van der Waals surface area contributed by atoms with Gasteiger partial charge in [0.2, 0.25) is 0 Å². The van der Waals surface area contributed by atoms with Crippen LogP contribution in [-0.2, 0) is 11.4 Å². The third kappa shape index (κ3) is 4.15. The number of hydrogen-bond donors (Lipinski definition) is 2. The van der Waals surface area contributed by atoms with Crippen LogP contribution in [0, 0.1) is 0 Å². The normalized spacial score (nSPS) is 18.5. The van der Waals surface area contributed by atoms with Gasteiger partial charge in [-0.25, -0.2) is 10.3 Å². The largest absolute Gasteiger partial charge is 0.467 e. The van der Waals surface area contributed by atoms with Gasteiger partial charge in [0.1, 0.15) is 11.9 Å². The molecule has 1 aliphatic rings. The zero-order chi connectivity index (χ0) is 16.8. The molecule has 0 bridgehead atoms. The maximum Gasteiger partial charge on any atom is 0.341 e. The Balaban J connectivity index is 1.48. The van der Waals surface area contributed by atoms with Crippen molar-refractivity contribution in [2.75, 3.05) is 6.54 Å². The van der Waals surface area contributed by atoms with Crippen LogP contribution < -0.4 is 5.48 Å².